The highest BCUT2D eigenvalue weighted by atomic mass is 16.5. The monoisotopic (exact) mass is 263 g/mol. The number of amides is 1. The highest BCUT2D eigenvalue weighted by Gasteiger charge is 2.32. The van der Waals surface area contributed by atoms with Gasteiger partial charge >= 0.3 is 0 Å². The highest BCUT2D eigenvalue weighted by molar-refractivity contribution is 5.96. The number of hydrogen-bond acceptors (Lipinski definition) is 4. The zero-order valence-electron chi connectivity index (χ0n) is 11.3. The molecular weight excluding hydrogens is 242 g/mol. The fourth-order valence-corrected chi connectivity index (χ4v) is 2.67. The van der Waals surface area contributed by atoms with Crippen LogP contribution < -0.4 is 15.8 Å². The number of aromatic nitrogens is 1. The molecule has 0 aliphatic heterocycles. The van der Waals surface area contributed by atoms with E-state index in [4.69, 9.17) is 10.5 Å². The maximum absolute atomic E-state index is 12.2. The third kappa shape index (κ3) is 3.04. The number of nitrogens with two attached hydrogens (primary N) is 1. The van der Waals surface area contributed by atoms with E-state index in [-0.39, 0.29) is 11.3 Å². The second-order valence-corrected chi connectivity index (χ2v) is 5.15. The van der Waals surface area contributed by atoms with Crippen molar-refractivity contribution in [1.82, 2.24) is 10.3 Å². The van der Waals surface area contributed by atoms with Gasteiger partial charge in [-0.1, -0.05) is 12.8 Å². The summed E-state index contributed by atoms with van der Waals surface area (Å²) in [5, 5.41) is 2.97. The predicted octanol–water partition coefficient (Wildman–Crippen LogP) is 1.34. The van der Waals surface area contributed by atoms with Gasteiger partial charge in [0.05, 0.1) is 7.11 Å². The molecule has 0 saturated heterocycles. The third-order valence-corrected chi connectivity index (χ3v) is 3.93. The Kier molecular flexibility index (Phi) is 4.37. The second-order valence-electron chi connectivity index (χ2n) is 5.15. The molecule has 0 atom stereocenters. The van der Waals surface area contributed by atoms with Crippen LogP contribution in [0.5, 0.6) is 5.88 Å². The van der Waals surface area contributed by atoms with Crippen molar-refractivity contribution in [1.29, 1.82) is 0 Å². The van der Waals surface area contributed by atoms with E-state index in [0.29, 0.717) is 24.5 Å². The highest BCUT2D eigenvalue weighted by Crippen LogP contribution is 2.36. The summed E-state index contributed by atoms with van der Waals surface area (Å²) >= 11 is 0. The van der Waals surface area contributed by atoms with Crippen LogP contribution in [0, 0.1) is 5.41 Å². The van der Waals surface area contributed by atoms with Crippen molar-refractivity contribution in [2.75, 3.05) is 20.2 Å². The molecule has 5 heteroatoms. The van der Waals surface area contributed by atoms with Crippen LogP contribution in [0.4, 0.5) is 0 Å². The molecule has 0 aromatic carbocycles. The lowest BCUT2D eigenvalue weighted by Gasteiger charge is -2.27. The summed E-state index contributed by atoms with van der Waals surface area (Å²) in [5.74, 6) is 0.206. The van der Waals surface area contributed by atoms with Crippen molar-refractivity contribution in [3.05, 3.63) is 23.9 Å². The van der Waals surface area contributed by atoms with E-state index in [1.165, 1.54) is 20.0 Å². The molecule has 0 unspecified atom stereocenters. The van der Waals surface area contributed by atoms with Crippen molar-refractivity contribution in [2.24, 2.45) is 11.1 Å². The fourth-order valence-electron chi connectivity index (χ4n) is 2.67. The molecule has 0 bridgehead atoms. The molecule has 1 saturated carbocycles. The number of methoxy groups -OCH3 is 1. The molecule has 1 heterocycles. The summed E-state index contributed by atoms with van der Waals surface area (Å²) in [4.78, 5) is 16.2. The zero-order chi connectivity index (χ0) is 13.7. The Bertz CT molecular complexity index is 442. The van der Waals surface area contributed by atoms with Crippen LogP contribution in [-0.2, 0) is 0 Å². The van der Waals surface area contributed by atoms with Crippen molar-refractivity contribution < 1.29 is 9.53 Å². The van der Waals surface area contributed by atoms with Gasteiger partial charge in [0, 0.05) is 12.7 Å². The number of pyridine rings is 1. The van der Waals surface area contributed by atoms with Gasteiger partial charge < -0.3 is 15.8 Å². The normalized spacial score (nSPS) is 17.2. The minimum absolute atomic E-state index is 0.0745. The van der Waals surface area contributed by atoms with Crippen LogP contribution in [0.15, 0.2) is 18.3 Å². The van der Waals surface area contributed by atoms with Crippen molar-refractivity contribution in [2.45, 2.75) is 25.7 Å². The Hall–Kier alpha value is -1.62. The molecule has 5 nitrogen and oxygen atoms in total. The lowest BCUT2D eigenvalue weighted by Crippen LogP contribution is -2.40. The summed E-state index contributed by atoms with van der Waals surface area (Å²) in [7, 11) is 1.51. The number of nitrogens with zero attached hydrogens (tertiary/aromatic N) is 1. The first-order valence-electron chi connectivity index (χ1n) is 6.68. The molecule has 1 aliphatic rings. The Morgan fingerprint density at radius 1 is 1.53 bits per heavy atom. The molecule has 104 valence electrons. The Morgan fingerprint density at radius 2 is 2.26 bits per heavy atom. The predicted molar refractivity (Wildman–Crippen MR) is 73.1 cm³/mol. The second kappa shape index (κ2) is 6.02. The number of hydrogen-bond donors (Lipinski definition) is 2. The van der Waals surface area contributed by atoms with E-state index in [1.54, 1.807) is 18.3 Å². The molecule has 1 aliphatic carbocycles. The number of nitrogens with one attached hydrogen (secondary N) is 1. The minimum atomic E-state index is -0.148. The number of ether oxygens (including phenoxy) is 1. The molecule has 1 fully saturated rings. The van der Waals surface area contributed by atoms with Crippen molar-refractivity contribution in [3.8, 4) is 5.88 Å². The van der Waals surface area contributed by atoms with Crippen LogP contribution in [0.25, 0.3) is 0 Å². The van der Waals surface area contributed by atoms with Gasteiger partial charge in [0.25, 0.3) is 5.91 Å². The summed E-state index contributed by atoms with van der Waals surface area (Å²) in [6.45, 7) is 1.25. The average molecular weight is 263 g/mol. The molecular formula is C14H21N3O2. The van der Waals surface area contributed by atoms with Crippen LogP contribution in [0.1, 0.15) is 36.0 Å². The molecule has 1 amide bonds. The van der Waals surface area contributed by atoms with Crippen LogP contribution in [0.3, 0.4) is 0 Å². The SMILES string of the molecule is COc1ncccc1C(=O)NCC1(CN)CCCC1. The van der Waals surface area contributed by atoms with Crippen LogP contribution in [0.2, 0.25) is 0 Å². The van der Waals surface area contributed by atoms with E-state index in [9.17, 15) is 4.79 Å². The first-order chi connectivity index (χ1) is 9.21. The first kappa shape index (κ1) is 13.8. The lowest BCUT2D eigenvalue weighted by molar-refractivity contribution is 0.0928. The maximum Gasteiger partial charge on any atom is 0.256 e. The fraction of sp³-hybridized carbons (Fsp3) is 0.571. The molecule has 2 rings (SSSR count). The summed E-state index contributed by atoms with van der Waals surface area (Å²) in [6.07, 6.45) is 6.18. The minimum Gasteiger partial charge on any atom is -0.480 e. The molecule has 1 aromatic rings. The van der Waals surface area contributed by atoms with Gasteiger partial charge in [-0.25, -0.2) is 4.98 Å². The Labute approximate surface area is 113 Å². The summed E-state index contributed by atoms with van der Waals surface area (Å²) in [5.41, 5.74) is 6.40. The zero-order valence-corrected chi connectivity index (χ0v) is 11.3. The standard InChI is InChI=1S/C14H21N3O2/c1-19-13-11(5-4-8-16-13)12(18)17-10-14(9-15)6-2-3-7-14/h4-5,8H,2-3,6-7,9-10,15H2,1H3,(H,17,18). The van der Waals surface area contributed by atoms with Crippen LogP contribution in [-0.4, -0.2) is 31.1 Å². The molecule has 0 spiro atoms. The number of carbonyl (C=O) groups is 1. The number of rotatable bonds is 5. The van der Waals surface area contributed by atoms with Gasteiger partial charge in [-0.2, -0.15) is 0 Å². The first-order valence-corrected chi connectivity index (χ1v) is 6.68. The van der Waals surface area contributed by atoms with E-state index < -0.39 is 0 Å². The smallest absolute Gasteiger partial charge is 0.256 e. The lowest BCUT2D eigenvalue weighted by atomic mass is 9.86. The van der Waals surface area contributed by atoms with E-state index >= 15 is 0 Å². The largest absolute Gasteiger partial charge is 0.480 e. The van der Waals surface area contributed by atoms with Gasteiger partial charge in [-0.3, -0.25) is 4.79 Å². The quantitative estimate of drug-likeness (QED) is 0.840. The van der Waals surface area contributed by atoms with Crippen LogP contribution >= 0.6 is 0 Å². The van der Waals surface area contributed by atoms with Gasteiger partial charge in [0.1, 0.15) is 5.56 Å². The van der Waals surface area contributed by atoms with Gasteiger partial charge in [-0.05, 0) is 36.9 Å². The summed E-state index contributed by atoms with van der Waals surface area (Å²) < 4.78 is 5.09. The topological polar surface area (TPSA) is 77.2 Å². The third-order valence-electron chi connectivity index (χ3n) is 3.93. The van der Waals surface area contributed by atoms with Gasteiger partial charge in [0.2, 0.25) is 5.88 Å². The Morgan fingerprint density at radius 3 is 2.89 bits per heavy atom. The van der Waals surface area contributed by atoms with E-state index in [0.717, 1.165) is 12.8 Å². The molecule has 3 N–H and O–H groups in total. The maximum atomic E-state index is 12.2. The van der Waals surface area contributed by atoms with E-state index in [2.05, 4.69) is 10.3 Å². The number of carbonyl (C=O) groups excluding carboxylic acids is 1. The summed E-state index contributed by atoms with van der Waals surface area (Å²) in [6, 6.07) is 3.44. The van der Waals surface area contributed by atoms with Gasteiger partial charge in [0.15, 0.2) is 0 Å². The van der Waals surface area contributed by atoms with Crippen molar-refractivity contribution in [3.63, 3.8) is 0 Å². The molecule has 0 radical (unpaired) electrons. The molecule has 19 heavy (non-hydrogen) atoms. The average Bonchev–Trinajstić information content (AvgIpc) is 2.94. The van der Waals surface area contributed by atoms with Crippen molar-refractivity contribution >= 4 is 5.91 Å². The van der Waals surface area contributed by atoms with Gasteiger partial charge in [-0.15, -0.1) is 0 Å². The Balaban J connectivity index is 2.01. The van der Waals surface area contributed by atoms with E-state index in [1.807, 2.05) is 0 Å². The molecule has 1 aromatic heterocycles.